The van der Waals surface area contributed by atoms with E-state index in [9.17, 15) is 4.79 Å². The van der Waals surface area contributed by atoms with E-state index in [1.54, 1.807) is 6.20 Å². The van der Waals surface area contributed by atoms with Crippen molar-refractivity contribution in [1.82, 2.24) is 24.6 Å². The number of likely N-dealkylation sites (tertiary alicyclic amines) is 1. The van der Waals surface area contributed by atoms with E-state index < -0.39 is 0 Å². The fourth-order valence-electron chi connectivity index (χ4n) is 4.92. The summed E-state index contributed by atoms with van der Waals surface area (Å²) in [6.45, 7) is 5.75. The fraction of sp³-hybridized carbons (Fsp3) is 0.346. The van der Waals surface area contributed by atoms with Crippen molar-refractivity contribution in [3.63, 3.8) is 0 Å². The maximum absolute atomic E-state index is 13.1. The third-order valence-electron chi connectivity index (χ3n) is 6.58. The molecule has 0 unspecified atom stereocenters. The Balaban J connectivity index is 1.44. The normalized spacial score (nSPS) is 17.6. The summed E-state index contributed by atoms with van der Waals surface area (Å²) < 4.78 is 1.86. The zero-order valence-corrected chi connectivity index (χ0v) is 18.7. The van der Waals surface area contributed by atoms with Gasteiger partial charge in [-0.3, -0.25) is 14.5 Å². The van der Waals surface area contributed by atoms with Crippen LogP contribution in [0.25, 0.3) is 22.0 Å². The zero-order chi connectivity index (χ0) is 22.1. The second kappa shape index (κ2) is 8.61. The molecule has 3 aromatic heterocycles. The topological polar surface area (TPSA) is 66.8 Å². The van der Waals surface area contributed by atoms with Gasteiger partial charge in [0.1, 0.15) is 0 Å². The van der Waals surface area contributed by atoms with E-state index in [0.717, 1.165) is 31.4 Å². The lowest BCUT2D eigenvalue weighted by Gasteiger charge is -2.33. The summed E-state index contributed by atoms with van der Waals surface area (Å²) >= 11 is 0. The Morgan fingerprint density at radius 1 is 1.22 bits per heavy atom. The standard InChI is InChI=1S/C26H29N5O/c1-18-6-7-23-22(15-18)25(20-8-11-27-12-9-20)26(29-23)21-5-3-13-30(17-21)24(32)16-19(2)31-14-4-10-28-31/h4,6-12,14-15,19,21,29H,3,5,13,16-17H2,1-2H3/t19-,21+/m1/s1. The second-order valence-electron chi connectivity index (χ2n) is 8.92. The van der Waals surface area contributed by atoms with Crippen LogP contribution >= 0.6 is 0 Å². The van der Waals surface area contributed by atoms with E-state index in [4.69, 9.17) is 0 Å². The molecule has 0 saturated carbocycles. The van der Waals surface area contributed by atoms with Gasteiger partial charge in [0.05, 0.1) is 6.04 Å². The summed E-state index contributed by atoms with van der Waals surface area (Å²) in [5, 5.41) is 5.53. The number of piperidine rings is 1. The van der Waals surface area contributed by atoms with E-state index in [-0.39, 0.29) is 17.9 Å². The summed E-state index contributed by atoms with van der Waals surface area (Å²) in [7, 11) is 0. The molecule has 4 heterocycles. The highest BCUT2D eigenvalue weighted by Crippen LogP contribution is 2.39. The molecule has 32 heavy (non-hydrogen) atoms. The van der Waals surface area contributed by atoms with Crippen LogP contribution in [-0.4, -0.2) is 43.6 Å². The molecule has 1 aliphatic rings. The van der Waals surface area contributed by atoms with E-state index in [0.29, 0.717) is 6.42 Å². The van der Waals surface area contributed by atoms with Crippen LogP contribution in [0.5, 0.6) is 0 Å². The maximum atomic E-state index is 13.1. The first-order chi connectivity index (χ1) is 15.6. The number of amides is 1. The van der Waals surface area contributed by atoms with E-state index in [1.165, 1.54) is 27.8 Å². The molecule has 6 heteroatoms. The number of benzene rings is 1. The van der Waals surface area contributed by atoms with Crippen LogP contribution in [0.1, 0.15) is 49.4 Å². The fourth-order valence-corrected chi connectivity index (χ4v) is 4.92. The van der Waals surface area contributed by atoms with Gasteiger partial charge in [-0.25, -0.2) is 0 Å². The van der Waals surface area contributed by atoms with Crippen LogP contribution in [0.3, 0.4) is 0 Å². The first-order valence-electron chi connectivity index (χ1n) is 11.4. The monoisotopic (exact) mass is 427 g/mol. The number of aromatic nitrogens is 4. The van der Waals surface area contributed by atoms with E-state index in [1.807, 2.05) is 41.2 Å². The van der Waals surface area contributed by atoms with Crippen LogP contribution in [0.2, 0.25) is 0 Å². The van der Waals surface area contributed by atoms with Gasteiger partial charge < -0.3 is 9.88 Å². The first-order valence-corrected chi connectivity index (χ1v) is 11.4. The van der Waals surface area contributed by atoms with Gasteiger partial charge in [-0.2, -0.15) is 5.10 Å². The van der Waals surface area contributed by atoms with Crippen molar-refractivity contribution < 1.29 is 4.79 Å². The summed E-state index contributed by atoms with van der Waals surface area (Å²) in [4.78, 5) is 23.1. The Hall–Kier alpha value is -3.41. The Bertz CT molecular complexity index is 1210. The SMILES string of the molecule is Cc1ccc2[nH]c([C@H]3CCCN(C(=O)C[C@@H](C)n4cccn4)C3)c(-c3ccncc3)c2c1. The van der Waals surface area contributed by atoms with Gasteiger partial charge in [0.25, 0.3) is 0 Å². The number of carbonyl (C=O) groups is 1. The molecular weight excluding hydrogens is 398 g/mol. The lowest BCUT2D eigenvalue weighted by atomic mass is 9.89. The number of aromatic amines is 1. The molecule has 0 spiro atoms. The molecule has 0 aliphatic carbocycles. The Labute approximate surface area is 188 Å². The van der Waals surface area contributed by atoms with Crippen molar-refractivity contribution in [3.8, 4) is 11.1 Å². The number of carbonyl (C=O) groups excluding carboxylic acids is 1. The zero-order valence-electron chi connectivity index (χ0n) is 18.7. The number of hydrogen-bond acceptors (Lipinski definition) is 3. The third-order valence-corrected chi connectivity index (χ3v) is 6.58. The quantitative estimate of drug-likeness (QED) is 0.482. The highest BCUT2D eigenvalue weighted by atomic mass is 16.2. The minimum atomic E-state index is 0.0568. The van der Waals surface area contributed by atoms with Gasteiger partial charge in [0.15, 0.2) is 0 Å². The number of pyridine rings is 1. The molecular formula is C26H29N5O. The molecule has 164 valence electrons. The van der Waals surface area contributed by atoms with Crippen LogP contribution in [0.15, 0.2) is 61.2 Å². The molecule has 6 nitrogen and oxygen atoms in total. The molecule has 1 aliphatic heterocycles. The van der Waals surface area contributed by atoms with Gasteiger partial charge in [-0.15, -0.1) is 0 Å². The average Bonchev–Trinajstić information content (AvgIpc) is 3.48. The van der Waals surface area contributed by atoms with Crippen molar-refractivity contribution in [3.05, 3.63) is 72.4 Å². The minimum Gasteiger partial charge on any atom is -0.358 e. The average molecular weight is 428 g/mol. The smallest absolute Gasteiger partial charge is 0.224 e. The molecule has 1 fully saturated rings. The highest BCUT2D eigenvalue weighted by Gasteiger charge is 2.29. The van der Waals surface area contributed by atoms with Gasteiger partial charge in [-0.1, -0.05) is 11.6 Å². The lowest BCUT2D eigenvalue weighted by molar-refractivity contribution is -0.133. The number of H-pyrrole nitrogens is 1. The first kappa shape index (κ1) is 20.5. The summed E-state index contributed by atoms with van der Waals surface area (Å²) in [6, 6.07) is 12.7. The Morgan fingerprint density at radius 2 is 2.06 bits per heavy atom. The maximum Gasteiger partial charge on any atom is 0.224 e. The largest absolute Gasteiger partial charge is 0.358 e. The van der Waals surface area contributed by atoms with Gasteiger partial charge in [0.2, 0.25) is 5.91 Å². The Kier molecular flexibility index (Phi) is 5.52. The Morgan fingerprint density at radius 3 is 2.84 bits per heavy atom. The van der Waals surface area contributed by atoms with Crippen molar-refractivity contribution in [2.75, 3.05) is 13.1 Å². The number of hydrogen-bond donors (Lipinski definition) is 1. The van der Waals surface area contributed by atoms with E-state index in [2.05, 4.69) is 52.3 Å². The summed E-state index contributed by atoms with van der Waals surface area (Å²) in [6.07, 6.45) is 9.93. The molecule has 1 aromatic carbocycles. The number of nitrogens with zero attached hydrogens (tertiary/aromatic N) is 4. The lowest BCUT2D eigenvalue weighted by Crippen LogP contribution is -2.40. The van der Waals surface area contributed by atoms with Gasteiger partial charge >= 0.3 is 0 Å². The molecule has 0 radical (unpaired) electrons. The summed E-state index contributed by atoms with van der Waals surface area (Å²) in [5.41, 5.74) is 6.03. The number of nitrogens with one attached hydrogen (secondary N) is 1. The molecule has 5 rings (SSSR count). The molecule has 1 saturated heterocycles. The van der Waals surface area contributed by atoms with Crippen molar-refractivity contribution in [2.45, 2.75) is 45.1 Å². The summed E-state index contributed by atoms with van der Waals surface area (Å²) in [5.74, 6) is 0.485. The molecule has 0 bridgehead atoms. The minimum absolute atomic E-state index is 0.0568. The van der Waals surface area contributed by atoms with Crippen LogP contribution in [0, 0.1) is 6.92 Å². The third kappa shape index (κ3) is 3.93. The van der Waals surface area contributed by atoms with Crippen molar-refractivity contribution in [1.29, 1.82) is 0 Å². The van der Waals surface area contributed by atoms with Gasteiger partial charge in [0, 0.05) is 72.4 Å². The molecule has 1 amide bonds. The van der Waals surface area contributed by atoms with Crippen LogP contribution < -0.4 is 0 Å². The van der Waals surface area contributed by atoms with E-state index >= 15 is 0 Å². The number of aryl methyl sites for hydroxylation is 1. The van der Waals surface area contributed by atoms with Gasteiger partial charge in [-0.05, 0) is 62.6 Å². The number of fused-ring (bicyclic) bond motifs is 1. The number of rotatable bonds is 5. The molecule has 1 N–H and O–H groups in total. The van der Waals surface area contributed by atoms with Crippen molar-refractivity contribution >= 4 is 16.8 Å². The van der Waals surface area contributed by atoms with Crippen LogP contribution in [-0.2, 0) is 4.79 Å². The second-order valence-corrected chi connectivity index (χ2v) is 8.92. The predicted molar refractivity (Wildman–Crippen MR) is 126 cm³/mol. The molecule has 2 atom stereocenters. The predicted octanol–water partition coefficient (Wildman–Crippen LogP) is 5.09. The van der Waals surface area contributed by atoms with Crippen molar-refractivity contribution in [2.24, 2.45) is 0 Å². The highest BCUT2D eigenvalue weighted by molar-refractivity contribution is 5.98. The van der Waals surface area contributed by atoms with Crippen LogP contribution in [0.4, 0.5) is 0 Å². The molecule has 4 aromatic rings.